The van der Waals surface area contributed by atoms with Crippen molar-refractivity contribution in [2.24, 2.45) is 11.1 Å². The van der Waals surface area contributed by atoms with Crippen LogP contribution in [0.15, 0.2) is 24.3 Å². The van der Waals surface area contributed by atoms with Crippen LogP contribution in [0.4, 0.5) is 0 Å². The number of aliphatic hydroxyl groups is 1. The van der Waals surface area contributed by atoms with Gasteiger partial charge in [0.1, 0.15) is 5.75 Å². The monoisotopic (exact) mass is 277 g/mol. The molecule has 0 radical (unpaired) electrons. The Morgan fingerprint density at radius 3 is 2.45 bits per heavy atom. The second kappa shape index (κ2) is 7.09. The third-order valence-electron chi connectivity index (χ3n) is 4.60. The third kappa shape index (κ3) is 3.15. The molecule has 0 aromatic heterocycles. The summed E-state index contributed by atoms with van der Waals surface area (Å²) in [7, 11) is 0. The Morgan fingerprint density at radius 2 is 1.85 bits per heavy atom. The number of hydrogen-bond donors (Lipinski definition) is 2. The Hall–Kier alpha value is -1.06. The molecule has 0 bridgehead atoms. The topological polar surface area (TPSA) is 55.5 Å². The van der Waals surface area contributed by atoms with Gasteiger partial charge in [-0.1, -0.05) is 43.9 Å². The van der Waals surface area contributed by atoms with Gasteiger partial charge in [0.2, 0.25) is 0 Å². The summed E-state index contributed by atoms with van der Waals surface area (Å²) < 4.78 is 5.67. The van der Waals surface area contributed by atoms with E-state index in [1.54, 1.807) is 0 Å². The maximum absolute atomic E-state index is 11.0. The lowest BCUT2D eigenvalue weighted by atomic mass is 9.73. The first-order chi connectivity index (χ1) is 9.73. The number of rotatable bonds is 5. The summed E-state index contributed by atoms with van der Waals surface area (Å²) in [6.07, 6.45) is 6.29. The Kier molecular flexibility index (Phi) is 5.44. The first-order valence-corrected chi connectivity index (χ1v) is 7.83. The molecule has 0 saturated heterocycles. The third-order valence-corrected chi connectivity index (χ3v) is 4.60. The highest BCUT2D eigenvalue weighted by Gasteiger charge is 2.38. The summed E-state index contributed by atoms with van der Waals surface area (Å²) in [5.41, 5.74) is 6.77. The van der Waals surface area contributed by atoms with Gasteiger partial charge < -0.3 is 15.6 Å². The number of nitrogens with two attached hydrogens (primary N) is 1. The van der Waals surface area contributed by atoms with E-state index in [2.05, 4.69) is 0 Å². The molecule has 0 spiro atoms. The lowest BCUT2D eigenvalue weighted by Gasteiger charge is -2.37. The van der Waals surface area contributed by atoms with Gasteiger partial charge in [-0.25, -0.2) is 0 Å². The molecule has 1 unspecified atom stereocenters. The van der Waals surface area contributed by atoms with Gasteiger partial charge >= 0.3 is 0 Å². The maximum Gasteiger partial charge on any atom is 0.125 e. The van der Waals surface area contributed by atoms with Gasteiger partial charge in [0.15, 0.2) is 0 Å². The molecule has 1 aromatic carbocycles. The molecule has 2 rings (SSSR count). The van der Waals surface area contributed by atoms with E-state index in [1.165, 1.54) is 12.8 Å². The number of benzene rings is 1. The second-order valence-corrected chi connectivity index (χ2v) is 5.85. The van der Waals surface area contributed by atoms with E-state index in [0.29, 0.717) is 13.2 Å². The molecule has 1 aliphatic carbocycles. The minimum atomic E-state index is -0.534. The summed E-state index contributed by atoms with van der Waals surface area (Å²) >= 11 is 0. The molecular weight excluding hydrogens is 250 g/mol. The molecule has 3 N–H and O–H groups in total. The average Bonchev–Trinajstić information content (AvgIpc) is 2.74. The number of aliphatic hydroxyl groups excluding tert-OH is 1. The van der Waals surface area contributed by atoms with Crippen LogP contribution in [0.5, 0.6) is 5.75 Å². The van der Waals surface area contributed by atoms with Crippen LogP contribution in [0.3, 0.4) is 0 Å². The molecular formula is C17H27NO2. The zero-order chi connectivity index (χ0) is 14.4. The van der Waals surface area contributed by atoms with Gasteiger partial charge in [-0.2, -0.15) is 0 Å². The van der Waals surface area contributed by atoms with Crippen LogP contribution in [0.25, 0.3) is 0 Å². The molecule has 1 atom stereocenters. The fourth-order valence-corrected chi connectivity index (χ4v) is 3.35. The van der Waals surface area contributed by atoms with Gasteiger partial charge in [0.25, 0.3) is 0 Å². The molecule has 1 saturated carbocycles. The molecule has 112 valence electrons. The first-order valence-electron chi connectivity index (χ1n) is 7.83. The first kappa shape index (κ1) is 15.3. The van der Waals surface area contributed by atoms with E-state index < -0.39 is 6.10 Å². The van der Waals surface area contributed by atoms with Crippen molar-refractivity contribution in [1.82, 2.24) is 0 Å². The average molecular weight is 277 g/mol. The molecule has 1 fully saturated rings. The van der Waals surface area contributed by atoms with Crippen LogP contribution in [0, 0.1) is 5.41 Å². The van der Waals surface area contributed by atoms with E-state index in [4.69, 9.17) is 10.5 Å². The van der Waals surface area contributed by atoms with Crippen molar-refractivity contribution in [3.8, 4) is 5.75 Å². The van der Waals surface area contributed by atoms with E-state index >= 15 is 0 Å². The Labute approximate surface area is 122 Å². The van der Waals surface area contributed by atoms with Crippen LogP contribution in [0.2, 0.25) is 0 Å². The highest BCUT2D eigenvalue weighted by atomic mass is 16.5. The molecule has 0 amide bonds. The molecule has 3 heteroatoms. The maximum atomic E-state index is 11.0. The van der Waals surface area contributed by atoms with Crippen molar-refractivity contribution < 1.29 is 9.84 Å². The van der Waals surface area contributed by atoms with Crippen LogP contribution in [0.1, 0.15) is 57.1 Å². The molecule has 1 aliphatic rings. The summed E-state index contributed by atoms with van der Waals surface area (Å²) in [4.78, 5) is 0. The molecule has 0 aliphatic heterocycles. The zero-order valence-corrected chi connectivity index (χ0v) is 12.5. The fourth-order valence-electron chi connectivity index (χ4n) is 3.35. The van der Waals surface area contributed by atoms with Crippen molar-refractivity contribution in [2.75, 3.05) is 13.2 Å². The van der Waals surface area contributed by atoms with Crippen molar-refractivity contribution in [3.63, 3.8) is 0 Å². The van der Waals surface area contributed by atoms with Crippen LogP contribution < -0.4 is 10.5 Å². The van der Waals surface area contributed by atoms with Gasteiger partial charge in [0.05, 0.1) is 12.7 Å². The Bertz CT molecular complexity index is 411. The fraction of sp³-hybridized carbons (Fsp3) is 0.647. The van der Waals surface area contributed by atoms with Crippen molar-refractivity contribution in [3.05, 3.63) is 29.8 Å². The van der Waals surface area contributed by atoms with Gasteiger partial charge in [-0.3, -0.25) is 0 Å². The summed E-state index contributed by atoms with van der Waals surface area (Å²) in [6.45, 7) is 3.11. The minimum absolute atomic E-state index is 0.191. The molecule has 20 heavy (non-hydrogen) atoms. The standard InChI is InChI=1S/C17H27NO2/c1-2-20-15-10-6-5-9-14(15)16(19)17(13-18)11-7-3-4-8-12-17/h5-6,9-10,16,19H,2-4,7-8,11-13,18H2,1H3. The SMILES string of the molecule is CCOc1ccccc1C(O)C1(CN)CCCCCC1. The number of hydrogen-bond acceptors (Lipinski definition) is 3. The van der Waals surface area contributed by atoms with E-state index in [9.17, 15) is 5.11 Å². The van der Waals surface area contributed by atoms with Gasteiger partial charge in [-0.05, 0) is 25.8 Å². The van der Waals surface area contributed by atoms with Crippen molar-refractivity contribution in [2.45, 2.75) is 51.6 Å². The van der Waals surface area contributed by atoms with Crippen LogP contribution in [-0.4, -0.2) is 18.3 Å². The van der Waals surface area contributed by atoms with Crippen molar-refractivity contribution >= 4 is 0 Å². The van der Waals surface area contributed by atoms with Gasteiger partial charge in [-0.15, -0.1) is 0 Å². The second-order valence-electron chi connectivity index (χ2n) is 5.85. The quantitative estimate of drug-likeness (QED) is 0.811. The Balaban J connectivity index is 2.29. The predicted octanol–water partition coefficient (Wildman–Crippen LogP) is 3.42. The molecule has 3 nitrogen and oxygen atoms in total. The zero-order valence-electron chi connectivity index (χ0n) is 12.5. The number of para-hydroxylation sites is 1. The van der Waals surface area contributed by atoms with E-state index in [0.717, 1.165) is 37.0 Å². The normalized spacial score (nSPS) is 20.1. The summed E-state index contributed by atoms with van der Waals surface area (Å²) in [6, 6.07) is 7.81. The molecule has 0 heterocycles. The highest BCUT2D eigenvalue weighted by molar-refractivity contribution is 5.36. The predicted molar refractivity (Wildman–Crippen MR) is 81.8 cm³/mol. The van der Waals surface area contributed by atoms with Crippen molar-refractivity contribution in [1.29, 1.82) is 0 Å². The lowest BCUT2D eigenvalue weighted by molar-refractivity contribution is 0.0147. The Morgan fingerprint density at radius 1 is 1.20 bits per heavy atom. The number of ether oxygens (including phenoxy) is 1. The van der Waals surface area contributed by atoms with E-state index in [-0.39, 0.29) is 5.41 Å². The smallest absolute Gasteiger partial charge is 0.125 e. The molecule has 1 aromatic rings. The lowest BCUT2D eigenvalue weighted by Crippen LogP contribution is -2.36. The summed E-state index contributed by atoms with van der Waals surface area (Å²) in [5.74, 6) is 0.791. The minimum Gasteiger partial charge on any atom is -0.493 e. The van der Waals surface area contributed by atoms with E-state index in [1.807, 2.05) is 31.2 Å². The highest BCUT2D eigenvalue weighted by Crippen LogP contribution is 2.46. The van der Waals surface area contributed by atoms with Gasteiger partial charge in [0, 0.05) is 17.5 Å². The van der Waals surface area contributed by atoms with Crippen LogP contribution in [-0.2, 0) is 0 Å². The van der Waals surface area contributed by atoms with Crippen LogP contribution >= 0.6 is 0 Å². The largest absolute Gasteiger partial charge is 0.493 e. The summed E-state index contributed by atoms with van der Waals surface area (Å²) in [5, 5.41) is 11.0.